The molecule has 1 aromatic rings. The number of carbonyl (C=O) groups excluding carboxylic acids is 1. The first-order valence-electron chi connectivity index (χ1n) is 7.73. The zero-order chi connectivity index (χ0) is 17.1. The van der Waals surface area contributed by atoms with Gasteiger partial charge in [0.25, 0.3) is 0 Å². The van der Waals surface area contributed by atoms with Crippen molar-refractivity contribution < 1.29 is 19.4 Å². The molecule has 0 radical (unpaired) electrons. The average Bonchev–Trinajstić information content (AvgIpc) is 2.46. The molecule has 0 aromatic heterocycles. The molecule has 6 nitrogen and oxygen atoms in total. The second-order valence-electron chi connectivity index (χ2n) is 6.81. The number of carboxylic acid groups (broad SMARTS) is 1. The normalized spacial score (nSPS) is 21.8. The first-order valence-corrected chi connectivity index (χ1v) is 7.73. The molecular weight excluding hydrogens is 296 g/mol. The summed E-state index contributed by atoms with van der Waals surface area (Å²) in [6, 6.07) is 9.41. The SMILES string of the molecule is CC(C)(C)OC(=O)C1(Cc2ccccc2)CNCCN1C(=O)O. The van der Waals surface area contributed by atoms with Crippen LogP contribution in [0.1, 0.15) is 26.3 Å². The Morgan fingerprint density at radius 1 is 1.30 bits per heavy atom. The van der Waals surface area contributed by atoms with Crippen molar-refractivity contribution >= 4 is 12.1 Å². The molecule has 1 heterocycles. The van der Waals surface area contributed by atoms with Crippen LogP contribution in [0.3, 0.4) is 0 Å². The van der Waals surface area contributed by atoms with Gasteiger partial charge in [-0.25, -0.2) is 9.59 Å². The Labute approximate surface area is 136 Å². The Balaban J connectivity index is 2.40. The van der Waals surface area contributed by atoms with Crippen LogP contribution >= 0.6 is 0 Å². The molecule has 23 heavy (non-hydrogen) atoms. The van der Waals surface area contributed by atoms with E-state index in [0.717, 1.165) is 5.56 Å². The summed E-state index contributed by atoms with van der Waals surface area (Å²) >= 11 is 0. The molecule has 126 valence electrons. The second-order valence-corrected chi connectivity index (χ2v) is 6.81. The van der Waals surface area contributed by atoms with Crippen molar-refractivity contribution in [1.82, 2.24) is 10.2 Å². The Hall–Kier alpha value is -2.08. The van der Waals surface area contributed by atoms with Gasteiger partial charge in [-0.1, -0.05) is 30.3 Å². The number of nitrogens with zero attached hydrogens (tertiary/aromatic N) is 1. The molecule has 1 unspecified atom stereocenters. The number of rotatable bonds is 3. The summed E-state index contributed by atoms with van der Waals surface area (Å²) < 4.78 is 5.55. The third kappa shape index (κ3) is 4.01. The van der Waals surface area contributed by atoms with E-state index in [0.29, 0.717) is 6.54 Å². The molecule has 1 aromatic carbocycles. The lowest BCUT2D eigenvalue weighted by Gasteiger charge is -2.44. The number of carbonyl (C=O) groups is 2. The summed E-state index contributed by atoms with van der Waals surface area (Å²) in [4.78, 5) is 25.8. The highest BCUT2D eigenvalue weighted by Gasteiger charge is 2.50. The van der Waals surface area contributed by atoms with Crippen molar-refractivity contribution in [3.63, 3.8) is 0 Å². The summed E-state index contributed by atoms with van der Waals surface area (Å²) in [5.41, 5.74) is -1.03. The quantitative estimate of drug-likeness (QED) is 0.832. The number of amides is 1. The van der Waals surface area contributed by atoms with Crippen LogP contribution in [0.5, 0.6) is 0 Å². The number of esters is 1. The van der Waals surface area contributed by atoms with Crippen LogP contribution in [-0.4, -0.2) is 52.8 Å². The molecule has 0 bridgehead atoms. The third-order valence-corrected chi connectivity index (χ3v) is 3.80. The van der Waals surface area contributed by atoms with Crippen LogP contribution in [0.4, 0.5) is 4.79 Å². The number of hydrogen-bond acceptors (Lipinski definition) is 4. The van der Waals surface area contributed by atoms with Crippen molar-refractivity contribution in [2.75, 3.05) is 19.6 Å². The fourth-order valence-corrected chi connectivity index (χ4v) is 2.79. The molecular formula is C17H24N2O4. The van der Waals surface area contributed by atoms with Gasteiger partial charge in [-0.3, -0.25) is 4.90 Å². The zero-order valence-corrected chi connectivity index (χ0v) is 13.8. The molecule has 0 saturated carbocycles. The number of hydrogen-bond donors (Lipinski definition) is 2. The van der Waals surface area contributed by atoms with Gasteiger partial charge in [-0.05, 0) is 26.3 Å². The molecule has 0 spiro atoms. The minimum atomic E-state index is -1.25. The summed E-state index contributed by atoms with van der Waals surface area (Å²) in [5.74, 6) is -0.511. The predicted molar refractivity (Wildman–Crippen MR) is 86.3 cm³/mol. The van der Waals surface area contributed by atoms with E-state index in [1.54, 1.807) is 20.8 Å². The molecule has 2 rings (SSSR count). The molecule has 1 amide bonds. The van der Waals surface area contributed by atoms with Gasteiger partial charge >= 0.3 is 12.1 Å². The third-order valence-electron chi connectivity index (χ3n) is 3.80. The van der Waals surface area contributed by atoms with Crippen LogP contribution in [-0.2, 0) is 16.0 Å². The Morgan fingerprint density at radius 2 is 1.96 bits per heavy atom. The van der Waals surface area contributed by atoms with Crippen LogP contribution < -0.4 is 5.32 Å². The van der Waals surface area contributed by atoms with Crippen molar-refractivity contribution in [1.29, 1.82) is 0 Å². The summed E-state index contributed by atoms with van der Waals surface area (Å²) in [5, 5.41) is 12.7. The van der Waals surface area contributed by atoms with Crippen LogP contribution in [0, 0.1) is 0 Å². The lowest BCUT2D eigenvalue weighted by Crippen LogP contribution is -2.68. The summed E-state index contributed by atoms with van der Waals surface area (Å²) in [6.07, 6.45) is -0.824. The van der Waals surface area contributed by atoms with Gasteiger partial charge in [0.15, 0.2) is 5.54 Å². The zero-order valence-electron chi connectivity index (χ0n) is 13.8. The van der Waals surface area contributed by atoms with Crippen LogP contribution in [0.25, 0.3) is 0 Å². The largest absolute Gasteiger partial charge is 0.465 e. The van der Waals surface area contributed by atoms with Gasteiger partial charge < -0.3 is 15.2 Å². The van der Waals surface area contributed by atoms with Crippen LogP contribution in [0.2, 0.25) is 0 Å². The Morgan fingerprint density at radius 3 is 2.52 bits per heavy atom. The van der Waals surface area contributed by atoms with Crippen molar-refractivity contribution in [3.05, 3.63) is 35.9 Å². The highest BCUT2D eigenvalue weighted by atomic mass is 16.6. The molecule has 1 atom stereocenters. The molecule has 1 saturated heterocycles. The highest BCUT2D eigenvalue weighted by Crippen LogP contribution is 2.27. The molecule has 1 aliphatic heterocycles. The summed E-state index contributed by atoms with van der Waals surface area (Å²) in [7, 11) is 0. The van der Waals surface area contributed by atoms with Crippen LogP contribution in [0.15, 0.2) is 30.3 Å². The highest BCUT2D eigenvalue weighted by molar-refractivity contribution is 5.86. The van der Waals surface area contributed by atoms with E-state index in [1.807, 2.05) is 30.3 Å². The second kappa shape index (κ2) is 6.58. The van der Waals surface area contributed by atoms with E-state index in [4.69, 9.17) is 4.74 Å². The van der Waals surface area contributed by atoms with E-state index in [1.165, 1.54) is 4.90 Å². The first kappa shape index (κ1) is 17.3. The van der Waals surface area contributed by atoms with Crippen molar-refractivity contribution in [3.8, 4) is 0 Å². The predicted octanol–water partition coefficient (Wildman–Crippen LogP) is 1.89. The number of nitrogens with one attached hydrogen (secondary N) is 1. The topological polar surface area (TPSA) is 78.9 Å². The van der Waals surface area contributed by atoms with E-state index in [2.05, 4.69) is 5.32 Å². The molecule has 1 aliphatic rings. The number of piperazine rings is 1. The van der Waals surface area contributed by atoms with E-state index in [9.17, 15) is 14.7 Å². The lowest BCUT2D eigenvalue weighted by molar-refractivity contribution is -0.170. The fourth-order valence-electron chi connectivity index (χ4n) is 2.79. The van der Waals surface area contributed by atoms with Gasteiger partial charge in [0.1, 0.15) is 5.60 Å². The lowest BCUT2D eigenvalue weighted by atomic mass is 9.87. The van der Waals surface area contributed by atoms with Gasteiger partial charge in [-0.15, -0.1) is 0 Å². The standard InChI is InChI=1S/C17H24N2O4/c1-16(2,3)23-14(20)17(11-13-7-5-4-6-8-13)12-18-9-10-19(17)15(21)22/h4-8,18H,9-12H2,1-3H3,(H,21,22). The maximum atomic E-state index is 12.9. The van der Waals surface area contributed by atoms with E-state index < -0.39 is 23.2 Å². The number of benzene rings is 1. The maximum Gasteiger partial charge on any atom is 0.408 e. The van der Waals surface area contributed by atoms with E-state index >= 15 is 0 Å². The first-order chi connectivity index (χ1) is 10.7. The van der Waals surface area contributed by atoms with Gasteiger partial charge in [0.05, 0.1) is 0 Å². The smallest absolute Gasteiger partial charge is 0.408 e. The number of ether oxygens (including phenoxy) is 1. The van der Waals surface area contributed by atoms with Crippen molar-refractivity contribution in [2.45, 2.75) is 38.3 Å². The molecule has 6 heteroatoms. The minimum absolute atomic E-state index is 0.239. The van der Waals surface area contributed by atoms with Gasteiger partial charge in [-0.2, -0.15) is 0 Å². The monoisotopic (exact) mass is 320 g/mol. The van der Waals surface area contributed by atoms with E-state index in [-0.39, 0.29) is 19.5 Å². The van der Waals surface area contributed by atoms with Gasteiger partial charge in [0.2, 0.25) is 0 Å². The maximum absolute atomic E-state index is 12.9. The molecule has 0 aliphatic carbocycles. The minimum Gasteiger partial charge on any atom is -0.465 e. The molecule has 1 fully saturated rings. The Bertz CT molecular complexity index is 568. The summed E-state index contributed by atoms with van der Waals surface area (Å²) in [6.45, 7) is 6.35. The van der Waals surface area contributed by atoms with Crippen molar-refractivity contribution in [2.24, 2.45) is 0 Å². The molecule has 2 N–H and O–H groups in total. The van der Waals surface area contributed by atoms with Gasteiger partial charge in [0, 0.05) is 26.1 Å². The fraction of sp³-hybridized carbons (Fsp3) is 0.529. The average molecular weight is 320 g/mol. The Kier molecular flexibility index (Phi) is 4.94.